The number of benzene rings is 1. The lowest BCUT2D eigenvalue weighted by molar-refractivity contribution is -0.546. The lowest BCUT2D eigenvalue weighted by atomic mass is 10.2. The number of methoxy groups -OCH3 is 2. The zero-order chi connectivity index (χ0) is 13.7. The SMILES string of the molecule is COc1ccc(OC)c(C(SC)=[N+]2CCOCC2)c1. The zero-order valence-corrected chi connectivity index (χ0v) is 12.5. The summed E-state index contributed by atoms with van der Waals surface area (Å²) < 4.78 is 18.5. The first kappa shape index (κ1) is 14.2. The molecule has 0 aliphatic carbocycles. The van der Waals surface area contributed by atoms with E-state index in [1.807, 2.05) is 18.2 Å². The van der Waals surface area contributed by atoms with Crippen LogP contribution in [0.15, 0.2) is 18.2 Å². The highest BCUT2D eigenvalue weighted by atomic mass is 32.2. The molecule has 104 valence electrons. The monoisotopic (exact) mass is 282 g/mol. The molecule has 1 saturated heterocycles. The van der Waals surface area contributed by atoms with E-state index >= 15 is 0 Å². The Morgan fingerprint density at radius 3 is 2.53 bits per heavy atom. The predicted molar refractivity (Wildman–Crippen MR) is 78.0 cm³/mol. The maximum atomic E-state index is 5.47. The highest BCUT2D eigenvalue weighted by Gasteiger charge is 2.23. The molecule has 5 heteroatoms. The summed E-state index contributed by atoms with van der Waals surface area (Å²) >= 11 is 1.73. The molecule has 0 aromatic heterocycles. The van der Waals surface area contributed by atoms with E-state index in [-0.39, 0.29) is 0 Å². The molecule has 0 amide bonds. The molecule has 0 atom stereocenters. The van der Waals surface area contributed by atoms with Crippen molar-refractivity contribution < 1.29 is 18.8 Å². The first-order valence-electron chi connectivity index (χ1n) is 6.26. The number of rotatable bonds is 3. The molecule has 0 unspecified atom stereocenters. The molecule has 0 spiro atoms. The first-order valence-corrected chi connectivity index (χ1v) is 7.48. The van der Waals surface area contributed by atoms with Gasteiger partial charge in [0, 0.05) is 0 Å². The quantitative estimate of drug-likeness (QED) is 0.625. The minimum absolute atomic E-state index is 0.774. The summed E-state index contributed by atoms with van der Waals surface area (Å²) in [7, 11) is 3.38. The van der Waals surface area contributed by atoms with E-state index in [1.165, 1.54) is 5.04 Å². The molecule has 2 rings (SSSR count). The van der Waals surface area contributed by atoms with Crippen molar-refractivity contribution in [2.75, 3.05) is 46.8 Å². The van der Waals surface area contributed by atoms with E-state index in [0.29, 0.717) is 0 Å². The minimum atomic E-state index is 0.774. The van der Waals surface area contributed by atoms with Crippen LogP contribution in [0.3, 0.4) is 0 Å². The zero-order valence-electron chi connectivity index (χ0n) is 11.6. The van der Waals surface area contributed by atoms with Crippen molar-refractivity contribution in [3.8, 4) is 11.5 Å². The van der Waals surface area contributed by atoms with Crippen molar-refractivity contribution in [2.45, 2.75) is 0 Å². The standard InChI is InChI=1S/C14H20NO3S/c1-16-11-4-5-13(17-2)12(10-11)14(19-3)15-6-8-18-9-7-15/h4-5,10H,6-9H2,1-3H3/q+1. The lowest BCUT2D eigenvalue weighted by Gasteiger charge is -2.16. The fourth-order valence-electron chi connectivity index (χ4n) is 2.16. The molecule has 1 aromatic carbocycles. The van der Waals surface area contributed by atoms with E-state index in [1.54, 1.807) is 26.0 Å². The molecule has 1 heterocycles. The Labute approximate surface area is 118 Å². The number of hydrogen-bond donors (Lipinski definition) is 0. The smallest absolute Gasteiger partial charge is 0.245 e. The van der Waals surface area contributed by atoms with Gasteiger partial charge in [-0.25, -0.2) is 4.58 Å². The van der Waals surface area contributed by atoms with E-state index in [4.69, 9.17) is 14.2 Å². The van der Waals surface area contributed by atoms with Gasteiger partial charge in [-0.05, 0) is 24.5 Å². The van der Waals surface area contributed by atoms with E-state index in [2.05, 4.69) is 10.8 Å². The summed E-state index contributed by atoms with van der Waals surface area (Å²) in [6.07, 6.45) is 2.09. The van der Waals surface area contributed by atoms with Crippen LogP contribution >= 0.6 is 11.8 Å². The number of nitrogens with zero attached hydrogens (tertiary/aromatic N) is 1. The van der Waals surface area contributed by atoms with Gasteiger partial charge >= 0.3 is 0 Å². The van der Waals surface area contributed by atoms with Gasteiger partial charge in [0.15, 0.2) is 13.1 Å². The Hall–Kier alpha value is -1.20. The molecule has 4 nitrogen and oxygen atoms in total. The predicted octanol–water partition coefficient (Wildman–Crippen LogP) is 1.86. The summed E-state index contributed by atoms with van der Waals surface area (Å²) in [5.74, 6) is 1.72. The molecule has 1 fully saturated rings. The van der Waals surface area contributed by atoms with Gasteiger partial charge in [-0.2, -0.15) is 0 Å². The summed E-state index contributed by atoms with van der Waals surface area (Å²) in [5.41, 5.74) is 1.08. The third-order valence-corrected chi connectivity index (χ3v) is 3.99. The van der Waals surface area contributed by atoms with Gasteiger partial charge in [0.1, 0.15) is 24.7 Å². The molecule has 0 bridgehead atoms. The molecule has 0 radical (unpaired) electrons. The third kappa shape index (κ3) is 3.22. The second-order valence-corrected chi connectivity index (χ2v) is 4.97. The minimum Gasteiger partial charge on any atom is -0.497 e. The van der Waals surface area contributed by atoms with Crippen LogP contribution in [-0.4, -0.2) is 56.4 Å². The molecule has 1 aromatic rings. The van der Waals surface area contributed by atoms with Crippen molar-refractivity contribution >= 4 is 16.8 Å². The van der Waals surface area contributed by atoms with E-state index in [0.717, 1.165) is 43.4 Å². The summed E-state index contributed by atoms with van der Waals surface area (Å²) in [6.45, 7) is 3.37. The van der Waals surface area contributed by atoms with Gasteiger partial charge in [0.2, 0.25) is 5.04 Å². The normalized spacial score (nSPS) is 15.2. The van der Waals surface area contributed by atoms with E-state index in [9.17, 15) is 0 Å². The van der Waals surface area contributed by atoms with Crippen molar-refractivity contribution in [1.82, 2.24) is 0 Å². The second kappa shape index (κ2) is 6.82. The molecule has 0 saturated carbocycles. The number of morpholine rings is 1. The van der Waals surface area contributed by atoms with E-state index < -0.39 is 0 Å². The van der Waals surface area contributed by atoms with Crippen molar-refractivity contribution in [3.05, 3.63) is 23.8 Å². The Bertz CT molecular complexity index is 466. The van der Waals surface area contributed by atoms with Crippen LogP contribution in [0, 0.1) is 0 Å². The van der Waals surface area contributed by atoms with Crippen LogP contribution in [-0.2, 0) is 4.74 Å². The maximum Gasteiger partial charge on any atom is 0.245 e. The molecule has 1 aliphatic rings. The maximum absolute atomic E-state index is 5.47. The second-order valence-electron chi connectivity index (χ2n) is 4.17. The average Bonchev–Trinajstić information content (AvgIpc) is 2.49. The fraction of sp³-hybridized carbons (Fsp3) is 0.500. The number of ether oxygens (including phenoxy) is 3. The van der Waals surface area contributed by atoms with Crippen LogP contribution in [0.2, 0.25) is 0 Å². The van der Waals surface area contributed by atoms with Crippen LogP contribution in [0.25, 0.3) is 0 Å². The molecule has 0 N–H and O–H groups in total. The fourth-order valence-corrected chi connectivity index (χ4v) is 2.98. The molecule has 19 heavy (non-hydrogen) atoms. The highest BCUT2D eigenvalue weighted by Crippen LogP contribution is 2.27. The van der Waals surface area contributed by atoms with Crippen LogP contribution < -0.4 is 9.47 Å². The highest BCUT2D eigenvalue weighted by molar-refractivity contribution is 8.13. The summed E-state index contributed by atoms with van der Waals surface area (Å²) in [5, 5.41) is 1.21. The third-order valence-electron chi connectivity index (χ3n) is 3.13. The average molecular weight is 282 g/mol. The largest absolute Gasteiger partial charge is 0.497 e. The molecular formula is C14H20NO3S+. The van der Waals surface area contributed by atoms with Crippen LogP contribution in [0.5, 0.6) is 11.5 Å². The topological polar surface area (TPSA) is 30.7 Å². The Kier molecular flexibility index (Phi) is 5.10. The first-order chi connectivity index (χ1) is 9.30. The van der Waals surface area contributed by atoms with Gasteiger partial charge in [-0.1, -0.05) is 11.8 Å². The van der Waals surface area contributed by atoms with Crippen LogP contribution in [0.1, 0.15) is 5.56 Å². The van der Waals surface area contributed by atoms with Gasteiger partial charge in [0.05, 0.1) is 19.8 Å². The molecule has 1 aliphatic heterocycles. The molecular weight excluding hydrogens is 262 g/mol. The van der Waals surface area contributed by atoms with Crippen molar-refractivity contribution in [2.24, 2.45) is 0 Å². The summed E-state index contributed by atoms with van der Waals surface area (Å²) in [6, 6.07) is 5.89. The van der Waals surface area contributed by atoms with Crippen molar-refractivity contribution in [1.29, 1.82) is 0 Å². The Balaban J connectivity index is 2.46. The summed E-state index contributed by atoms with van der Waals surface area (Å²) in [4.78, 5) is 0. The van der Waals surface area contributed by atoms with Gasteiger partial charge in [-0.15, -0.1) is 0 Å². The number of thioether (sulfide) groups is 1. The number of hydrogen-bond acceptors (Lipinski definition) is 4. The van der Waals surface area contributed by atoms with Gasteiger partial charge in [0.25, 0.3) is 0 Å². The van der Waals surface area contributed by atoms with Gasteiger partial charge < -0.3 is 14.2 Å². The lowest BCUT2D eigenvalue weighted by Crippen LogP contribution is -2.32. The Morgan fingerprint density at radius 2 is 1.95 bits per heavy atom. The Morgan fingerprint density at radius 1 is 1.21 bits per heavy atom. The van der Waals surface area contributed by atoms with Crippen LogP contribution in [0.4, 0.5) is 0 Å². The van der Waals surface area contributed by atoms with Crippen molar-refractivity contribution in [3.63, 3.8) is 0 Å². The van der Waals surface area contributed by atoms with Gasteiger partial charge in [-0.3, -0.25) is 0 Å².